The molecule has 1 saturated heterocycles. The van der Waals surface area contributed by atoms with Crippen LogP contribution in [0.5, 0.6) is 0 Å². The van der Waals surface area contributed by atoms with Crippen LogP contribution in [0.1, 0.15) is 31.0 Å². The number of nitrogens with zero attached hydrogens (tertiary/aromatic N) is 8. The number of benzene rings is 2. The highest BCUT2D eigenvalue weighted by atomic mass is 19.1. The molecule has 0 amide bonds. The molecule has 0 N–H and O–H groups in total. The SMILES string of the molecule is C[C@@H]1CN(c2nc3nncn3c3c2cnn3C)[C@@H](C)CN1C(c1ccc(F)cc1)c1ccc(F)cc1. The molecule has 0 spiro atoms. The highest BCUT2D eigenvalue weighted by molar-refractivity contribution is 5.89. The fraction of sp³-hybridized carbons (Fsp3) is 0.308. The summed E-state index contributed by atoms with van der Waals surface area (Å²) in [4.78, 5) is 9.55. The third-order valence-corrected chi connectivity index (χ3v) is 7.12. The number of aryl methyl sites for hydroxylation is 1. The minimum atomic E-state index is -0.279. The molecule has 10 heteroatoms. The second-order valence-electron chi connectivity index (χ2n) is 9.49. The number of hydrogen-bond donors (Lipinski definition) is 0. The molecule has 1 fully saturated rings. The first-order valence-electron chi connectivity index (χ1n) is 12.0. The molecule has 6 rings (SSSR count). The van der Waals surface area contributed by atoms with Crippen LogP contribution < -0.4 is 4.90 Å². The lowest BCUT2D eigenvalue weighted by Gasteiger charge is -2.48. The second kappa shape index (κ2) is 8.63. The fourth-order valence-corrected chi connectivity index (χ4v) is 5.38. The van der Waals surface area contributed by atoms with Gasteiger partial charge in [0.2, 0.25) is 0 Å². The van der Waals surface area contributed by atoms with Crippen LogP contribution >= 0.6 is 0 Å². The van der Waals surface area contributed by atoms with E-state index in [1.807, 2.05) is 41.9 Å². The second-order valence-corrected chi connectivity index (χ2v) is 9.49. The van der Waals surface area contributed by atoms with Crippen LogP contribution in [0.2, 0.25) is 0 Å². The van der Waals surface area contributed by atoms with Crippen molar-refractivity contribution in [1.29, 1.82) is 0 Å². The molecule has 1 aliphatic heterocycles. The van der Waals surface area contributed by atoms with Crippen LogP contribution in [0.4, 0.5) is 14.6 Å². The van der Waals surface area contributed by atoms with Gasteiger partial charge in [-0.15, -0.1) is 10.2 Å². The molecule has 2 atom stereocenters. The predicted molar refractivity (Wildman–Crippen MR) is 133 cm³/mol. The van der Waals surface area contributed by atoms with E-state index in [2.05, 4.69) is 38.9 Å². The standard InChI is InChI=1S/C26H26F2N8/c1-16-14-35(24-22-12-30-33(3)25(22)36-15-29-32-26(36)31-24)17(2)13-34(16)23(18-4-8-20(27)9-5-18)19-6-10-21(28)11-7-19/h4-12,15-17,23H,13-14H2,1-3H3/t16-,17+/m1/s1. The zero-order chi connectivity index (χ0) is 25.0. The lowest BCUT2D eigenvalue weighted by atomic mass is 9.93. The Morgan fingerprint density at radius 3 is 2.17 bits per heavy atom. The molecule has 0 saturated carbocycles. The zero-order valence-electron chi connectivity index (χ0n) is 20.3. The van der Waals surface area contributed by atoms with E-state index in [9.17, 15) is 8.78 Å². The van der Waals surface area contributed by atoms with Crippen molar-refractivity contribution in [3.05, 3.63) is 83.8 Å². The zero-order valence-corrected chi connectivity index (χ0v) is 20.3. The van der Waals surface area contributed by atoms with Crippen LogP contribution in [0.25, 0.3) is 16.8 Å². The summed E-state index contributed by atoms with van der Waals surface area (Å²) >= 11 is 0. The van der Waals surface area contributed by atoms with Gasteiger partial charge < -0.3 is 4.90 Å². The predicted octanol–water partition coefficient (Wildman–Crippen LogP) is 3.98. The van der Waals surface area contributed by atoms with Gasteiger partial charge in [0.1, 0.15) is 29.4 Å². The van der Waals surface area contributed by atoms with Gasteiger partial charge in [0.25, 0.3) is 5.78 Å². The smallest absolute Gasteiger partial charge is 0.258 e. The van der Waals surface area contributed by atoms with Gasteiger partial charge in [-0.05, 0) is 49.2 Å². The van der Waals surface area contributed by atoms with Crippen molar-refractivity contribution in [1.82, 2.24) is 34.3 Å². The molecule has 0 bridgehead atoms. The molecular weight excluding hydrogens is 462 g/mol. The Balaban J connectivity index is 1.39. The largest absolute Gasteiger partial charge is 0.350 e. The molecule has 2 aromatic carbocycles. The van der Waals surface area contributed by atoms with Gasteiger partial charge in [-0.3, -0.25) is 9.58 Å². The molecule has 0 radical (unpaired) electrons. The van der Waals surface area contributed by atoms with Gasteiger partial charge in [0.15, 0.2) is 0 Å². The summed E-state index contributed by atoms with van der Waals surface area (Å²) in [5.74, 6) is 0.799. The number of hydrogen-bond acceptors (Lipinski definition) is 6. The minimum absolute atomic E-state index is 0.103. The number of aromatic nitrogens is 6. The van der Waals surface area contributed by atoms with Gasteiger partial charge in [-0.2, -0.15) is 10.1 Å². The highest BCUT2D eigenvalue weighted by Crippen LogP contribution is 2.36. The molecule has 5 aromatic rings. The van der Waals surface area contributed by atoms with Crippen molar-refractivity contribution >= 4 is 22.6 Å². The molecular formula is C26H26F2N8. The van der Waals surface area contributed by atoms with Crippen molar-refractivity contribution in [3.8, 4) is 0 Å². The Labute approximate surface area is 206 Å². The monoisotopic (exact) mass is 488 g/mol. The van der Waals surface area contributed by atoms with E-state index >= 15 is 0 Å². The van der Waals surface area contributed by atoms with Gasteiger partial charge in [0, 0.05) is 32.2 Å². The maximum Gasteiger partial charge on any atom is 0.258 e. The van der Waals surface area contributed by atoms with E-state index < -0.39 is 0 Å². The van der Waals surface area contributed by atoms with Crippen LogP contribution in [-0.2, 0) is 7.05 Å². The van der Waals surface area contributed by atoms with Crippen LogP contribution in [0, 0.1) is 11.6 Å². The summed E-state index contributed by atoms with van der Waals surface area (Å²) < 4.78 is 31.1. The minimum Gasteiger partial charge on any atom is -0.350 e. The average Bonchev–Trinajstić information content (AvgIpc) is 3.49. The molecule has 184 valence electrons. The normalized spacial score (nSPS) is 19.1. The summed E-state index contributed by atoms with van der Waals surface area (Å²) in [5, 5.41) is 13.6. The van der Waals surface area contributed by atoms with E-state index in [-0.39, 0.29) is 29.8 Å². The Kier molecular flexibility index (Phi) is 5.40. The maximum atomic E-state index is 13.7. The highest BCUT2D eigenvalue weighted by Gasteiger charge is 2.36. The van der Waals surface area contributed by atoms with E-state index in [0.29, 0.717) is 12.3 Å². The number of rotatable bonds is 4. The topological polar surface area (TPSA) is 67.4 Å². The number of piperazine rings is 1. The number of fused-ring (bicyclic) bond motifs is 3. The Hall–Kier alpha value is -3.92. The van der Waals surface area contributed by atoms with E-state index in [1.54, 1.807) is 11.0 Å². The Bertz CT molecular complexity index is 1480. The molecule has 1 aliphatic rings. The van der Waals surface area contributed by atoms with Gasteiger partial charge in [-0.1, -0.05) is 24.3 Å². The van der Waals surface area contributed by atoms with Crippen molar-refractivity contribution < 1.29 is 8.78 Å². The summed E-state index contributed by atoms with van der Waals surface area (Å²) in [5.41, 5.74) is 2.82. The maximum absolute atomic E-state index is 13.7. The molecule has 8 nitrogen and oxygen atoms in total. The van der Waals surface area contributed by atoms with Crippen LogP contribution in [-0.4, -0.2) is 59.4 Å². The first-order chi connectivity index (χ1) is 17.4. The third-order valence-electron chi connectivity index (χ3n) is 7.12. The third kappa shape index (κ3) is 3.69. The van der Waals surface area contributed by atoms with Crippen LogP contribution in [0.15, 0.2) is 61.1 Å². The lowest BCUT2D eigenvalue weighted by molar-refractivity contribution is 0.129. The lowest BCUT2D eigenvalue weighted by Crippen LogP contribution is -2.57. The first-order valence-corrected chi connectivity index (χ1v) is 12.0. The first kappa shape index (κ1) is 22.5. The molecule has 3 aromatic heterocycles. The summed E-state index contributed by atoms with van der Waals surface area (Å²) in [6, 6.07) is 13.2. The Morgan fingerprint density at radius 1 is 0.889 bits per heavy atom. The summed E-state index contributed by atoms with van der Waals surface area (Å²) in [6.45, 7) is 5.78. The molecule has 4 heterocycles. The van der Waals surface area contributed by atoms with Crippen molar-refractivity contribution in [2.75, 3.05) is 18.0 Å². The number of anilines is 1. The van der Waals surface area contributed by atoms with Crippen LogP contribution in [0.3, 0.4) is 0 Å². The van der Waals surface area contributed by atoms with Crippen molar-refractivity contribution in [3.63, 3.8) is 0 Å². The van der Waals surface area contributed by atoms with E-state index in [4.69, 9.17) is 4.98 Å². The quantitative estimate of drug-likeness (QED) is 0.381. The van der Waals surface area contributed by atoms with E-state index in [1.165, 1.54) is 24.3 Å². The van der Waals surface area contributed by atoms with Gasteiger partial charge >= 0.3 is 0 Å². The summed E-state index contributed by atoms with van der Waals surface area (Å²) in [7, 11) is 1.89. The Morgan fingerprint density at radius 2 is 1.53 bits per heavy atom. The van der Waals surface area contributed by atoms with Gasteiger partial charge in [0.05, 0.1) is 17.6 Å². The average molecular weight is 489 g/mol. The van der Waals surface area contributed by atoms with Crippen molar-refractivity contribution in [2.45, 2.75) is 32.0 Å². The summed E-state index contributed by atoms with van der Waals surface area (Å²) in [6.07, 6.45) is 3.48. The fourth-order valence-electron chi connectivity index (χ4n) is 5.38. The molecule has 36 heavy (non-hydrogen) atoms. The molecule has 0 unspecified atom stereocenters. The molecule has 0 aliphatic carbocycles. The number of halogens is 2. The van der Waals surface area contributed by atoms with Gasteiger partial charge in [-0.25, -0.2) is 13.2 Å². The van der Waals surface area contributed by atoms with Crippen molar-refractivity contribution in [2.24, 2.45) is 7.05 Å². The van der Waals surface area contributed by atoms with E-state index in [0.717, 1.165) is 34.5 Å².